The maximum Gasteiger partial charge on any atom is 0.341 e. The molecule has 1 aliphatic carbocycles. The average molecular weight is 438 g/mol. The van der Waals surface area contributed by atoms with Crippen molar-refractivity contribution in [1.29, 1.82) is 0 Å². The Labute approximate surface area is 173 Å². The van der Waals surface area contributed by atoms with Gasteiger partial charge in [-0.2, -0.15) is 0 Å². The Morgan fingerprint density at radius 2 is 1.90 bits per heavy atom. The molecular formula is C20H23NO6S2. The number of methoxy groups -OCH3 is 1. The quantitative estimate of drug-likeness (QED) is 0.637. The number of aryl methyl sites for hydroxylation is 1. The lowest BCUT2D eigenvalue weighted by Gasteiger charge is -2.09. The lowest BCUT2D eigenvalue weighted by atomic mass is 10.1. The van der Waals surface area contributed by atoms with E-state index in [1.54, 1.807) is 19.1 Å². The van der Waals surface area contributed by atoms with Crippen LogP contribution in [-0.2, 0) is 32.2 Å². The third-order valence-corrected chi connectivity index (χ3v) is 7.61. The molecule has 1 aromatic heterocycles. The number of hydrogen-bond acceptors (Lipinski definition) is 7. The normalized spacial score (nSPS) is 13.0. The van der Waals surface area contributed by atoms with Gasteiger partial charge in [-0.25, -0.2) is 13.2 Å². The molecule has 1 aromatic carbocycles. The van der Waals surface area contributed by atoms with Crippen LogP contribution in [0.25, 0.3) is 0 Å². The van der Waals surface area contributed by atoms with Gasteiger partial charge in [0.1, 0.15) is 10.8 Å². The minimum absolute atomic E-state index is 0.133. The number of carbonyl (C=O) groups excluding carboxylic acids is 2. The Bertz CT molecular complexity index is 1010. The Kier molecular flexibility index (Phi) is 6.59. The molecule has 7 nitrogen and oxygen atoms in total. The number of rotatable bonds is 8. The summed E-state index contributed by atoms with van der Waals surface area (Å²) in [6.45, 7) is 1.98. The van der Waals surface area contributed by atoms with Crippen LogP contribution in [0.5, 0.6) is 5.75 Å². The maximum atomic E-state index is 12.5. The first-order chi connectivity index (χ1) is 13.9. The van der Waals surface area contributed by atoms with E-state index < -0.39 is 21.7 Å². The van der Waals surface area contributed by atoms with Crippen LogP contribution >= 0.6 is 11.3 Å². The summed E-state index contributed by atoms with van der Waals surface area (Å²) in [5.41, 5.74) is 1.35. The molecule has 0 bridgehead atoms. The van der Waals surface area contributed by atoms with Crippen molar-refractivity contribution in [3.05, 3.63) is 40.3 Å². The van der Waals surface area contributed by atoms with Crippen molar-refractivity contribution in [2.75, 3.05) is 24.8 Å². The number of ether oxygens (including phenoxy) is 2. The topological polar surface area (TPSA) is 98.8 Å². The summed E-state index contributed by atoms with van der Waals surface area (Å²) >= 11 is 1.37. The number of thiophene rings is 1. The molecule has 156 valence electrons. The first-order valence-corrected chi connectivity index (χ1v) is 11.8. The van der Waals surface area contributed by atoms with Gasteiger partial charge >= 0.3 is 5.97 Å². The molecule has 0 atom stereocenters. The fourth-order valence-corrected chi connectivity index (χ4v) is 5.76. The number of anilines is 1. The largest absolute Gasteiger partial charge is 0.497 e. The van der Waals surface area contributed by atoms with E-state index in [1.807, 2.05) is 0 Å². The molecule has 0 spiro atoms. The number of nitrogens with one attached hydrogen (secondary N) is 1. The van der Waals surface area contributed by atoms with Crippen LogP contribution in [0, 0.1) is 0 Å². The van der Waals surface area contributed by atoms with Gasteiger partial charge in [0.15, 0.2) is 9.84 Å². The molecule has 1 heterocycles. The second-order valence-electron chi connectivity index (χ2n) is 6.57. The van der Waals surface area contributed by atoms with E-state index in [-0.39, 0.29) is 23.7 Å². The highest BCUT2D eigenvalue weighted by molar-refractivity contribution is 7.91. The summed E-state index contributed by atoms with van der Waals surface area (Å²) in [5.74, 6) is -0.676. The standard InChI is InChI=1S/C20H23NO6S2/c1-3-27-20(23)18-15-5-4-6-16(15)28-19(18)21-17(22)11-12-29(24,25)14-9-7-13(26-2)8-10-14/h7-10H,3-6,11-12H2,1-2H3,(H,21,22). The number of benzene rings is 1. The third kappa shape index (κ3) is 4.79. The predicted molar refractivity (Wildman–Crippen MR) is 111 cm³/mol. The predicted octanol–water partition coefficient (Wildman–Crippen LogP) is 3.22. The molecule has 0 saturated heterocycles. The highest BCUT2D eigenvalue weighted by Gasteiger charge is 2.28. The first-order valence-electron chi connectivity index (χ1n) is 9.34. The number of hydrogen-bond donors (Lipinski definition) is 1. The number of carbonyl (C=O) groups is 2. The van der Waals surface area contributed by atoms with Crippen molar-refractivity contribution in [3.8, 4) is 5.75 Å². The van der Waals surface area contributed by atoms with E-state index in [0.29, 0.717) is 16.3 Å². The first kappa shape index (κ1) is 21.3. The zero-order chi connectivity index (χ0) is 21.0. The van der Waals surface area contributed by atoms with Crippen molar-refractivity contribution >= 4 is 38.1 Å². The molecule has 1 N–H and O–H groups in total. The van der Waals surface area contributed by atoms with E-state index in [4.69, 9.17) is 9.47 Å². The van der Waals surface area contributed by atoms with E-state index in [2.05, 4.69) is 5.32 Å². The van der Waals surface area contributed by atoms with E-state index in [0.717, 1.165) is 29.7 Å². The van der Waals surface area contributed by atoms with E-state index >= 15 is 0 Å². The number of esters is 1. The highest BCUT2D eigenvalue weighted by atomic mass is 32.2. The van der Waals surface area contributed by atoms with Gasteiger partial charge in [-0.1, -0.05) is 0 Å². The van der Waals surface area contributed by atoms with Crippen LogP contribution < -0.4 is 10.1 Å². The van der Waals surface area contributed by atoms with Crippen molar-refractivity contribution in [2.24, 2.45) is 0 Å². The molecule has 1 amide bonds. The molecule has 29 heavy (non-hydrogen) atoms. The zero-order valence-corrected chi connectivity index (χ0v) is 18.0. The fraction of sp³-hybridized carbons (Fsp3) is 0.400. The van der Waals surface area contributed by atoms with Gasteiger partial charge in [-0.15, -0.1) is 11.3 Å². The van der Waals surface area contributed by atoms with Gasteiger partial charge in [0.25, 0.3) is 0 Å². The van der Waals surface area contributed by atoms with Crippen LogP contribution in [-0.4, -0.2) is 39.8 Å². The Balaban J connectivity index is 1.69. The molecule has 1 aliphatic rings. The Hall–Kier alpha value is -2.39. The minimum atomic E-state index is -3.61. The van der Waals surface area contributed by atoms with Crippen molar-refractivity contribution in [3.63, 3.8) is 0 Å². The lowest BCUT2D eigenvalue weighted by Crippen LogP contribution is -2.18. The summed E-state index contributed by atoms with van der Waals surface area (Å²) in [5, 5.41) is 3.16. The van der Waals surface area contributed by atoms with Gasteiger partial charge in [0, 0.05) is 11.3 Å². The van der Waals surface area contributed by atoms with Gasteiger partial charge < -0.3 is 14.8 Å². The van der Waals surface area contributed by atoms with Crippen molar-refractivity contribution in [2.45, 2.75) is 37.5 Å². The highest BCUT2D eigenvalue weighted by Crippen LogP contribution is 2.39. The fourth-order valence-electron chi connectivity index (χ4n) is 3.23. The third-order valence-electron chi connectivity index (χ3n) is 4.67. The summed E-state index contributed by atoms with van der Waals surface area (Å²) in [7, 11) is -2.11. The van der Waals surface area contributed by atoms with Gasteiger partial charge in [-0.05, 0) is 56.0 Å². The van der Waals surface area contributed by atoms with Gasteiger partial charge in [0.05, 0.1) is 29.9 Å². The minimum Gasteiger partial charge on any atom is -0.497 e. The molecule has 2 aromatic rings. The second kappa shape index (κ2) is 8.96. The monoisotopic (exact) mass is 437 g/mol. The molecule has 3 rings (SSSR count). The molecule has 0 fully saturated rings. The van der Waals surface area contributed by atoms with Crippen LogP contribution in [0.1, 0.15) is 40.6 Å². The van der Waals surface area contributed by atoms with Crippen LogP contribution in [0.2, 0.25) is 0 Å². The molecular weight excluding hydrogens is 414 g/mol. The average Bonchev–Trinajstić information content (AvgIpc) is 3.27. The number of fused-ring (bicyclic) bond motifs is 1. The van der Waals surface area contributed by atoms with Crippen LogP contribution in [0.3, 0.4) is 0 Å². The molecule has 0 aliphatic heterocycles. The van der Waals surface area contributed by atoms with E-state index in [1.165, 1.54) is 30.6 Å². The Morgan fingerprint density at radius 1 is 1.17 bits per heavy atom. The van der Waals surface area contributed by atoms with Crippen molar-refractivity contribution in [1.82, 2.24) is 0 Å². The molecule has 0 radical (unpaired) electrons. The van der Waals surface area contributed by atoms with Crippen LogP contribution in [0.4, 0.5) is 5.00 Å². The molecule has 9 heteroatoms. The van der Waals surface area contributed by atoms with Crippen molar-refractivity contribution < 1.29 is 27.5 Å². The summed E-state index contributed by atoms with van der Waals surface area (Å²) in [6, 6.07) is 6.03. The Morgan fingerprint density at radius 3 is 2.55 bits per heavy atom. The number of sulfone groups is 1. The summed E-state index contributed by atoms with van der Waals surface area (Å²) in [4.78, 5) is 26.0. The maximum absolute atomic E-state index is 12.5. The summed E-state index contributed by atoms with van der Waals surface area (Å²) < 4.78 is 35.1. The van der Waals surface area contributed by atoms with Gasteiger partial charge in [0.2, 0.25) is 5.91 Å². The lowest BCUT2D eigenvalue weighted by molar-refractivity contribution is -0.115. The van der Waals surface area contributed by atoms with Gasteiger partial charge in [-0.3, -0.25) is 4.79 Å². The number of amides is 1. The van der Waals surface area contributed by atoms with Crippen LogP contribution in [0.15, 0.2) is 29.2 Å². The smallest absolute Gasteiger partial charge is 0.341 e. The molecule has 0 unspecified atom stereocenters. The summed E-state index contributed by atoms with van der Waals surface area (Å²) in [6.07, 6.45) is 2.41. The van der Waals surface area contributed by atoms with E-state index in [9.17, 15) is 18.0 Å². The zero-order valence-electron chi connectivity index (χ0n) is 16.3. The molecule has 0 saturated carbocycles. The SMILES string of the molecule is CCOC(=O)c1c(NC(=O)CCS(=O)(=O)c2ccc(OC)cc2)sc2c1CCC2. The second-order valence-corrected chi connectivity index (χ2v) is 9.79.